The van der Waals surface area contributed by atoms with Crippen molar-refractivity contribution in [2.24, 2.45) is 0 Å². The minimum absolute atomic E-state index is 0.334. The number of amides is 1. The first-order valence-corrected chi connectivity index (χ1v) is 8.40. The summed E-state index contributed by atoms with van der Waals surface area (Å²) < 4.78 is 15.6. The quantitative estimate of drug-likeness (QED) is 0.740. The second-order valence-corrected chi connectivity index (χ2v) is 5.75. The first kappa shape index (κ1) is 19.6. The van der Waals surface area contributed by atoms with Crippen LogP contribution in [0.5, 0.6) is 11.5 Å². The number of nitrogens with one attached hydrogen (secondary N) is 1. The van der Waals surface area contributed by atoms with Crippen LogP contribution in [0, 0.1) is 0 Å². The van der Waals surface area contributed by atoms with E-state index in [4.69, 9.17) is 25.8 Å². The number of hydrogen-bond acceptors (Lipinski definition) is 5. The summed E-state index contributed by atoms with van der Waals surface area (Å²) in [5.74, 6) is 0.0971. The van der Waals surface area contributed by atoms with Crippen LogP contribution in [0.3, 0.4) is 0 Å². The van der Waals surface area contributed by atoms with E-state index in [1.807, 2.05) is 6.92 Å². The highest BCUT2D eigenvalue weighted by molar-refractivity contribution is 6.32. The number of hydrogen-bond donors (Lipinski definition) is 1. The molecule has 0 aliphatic heterocycles. The van der Waals surface area contributed by atoms with Gasteiger partial charge in [0.15, 0.2) is 6.10 Å². The first-order chi connectivity index (χ1) is 12.4. The minimum atomic E-state index is -0.977. The van der Waals surface area contributed by atoms with E-state index in [2.05, 4.69) is 5.32 Å². The van der Waals surface area contributed by atoms with Crippen molar-refractivity contribution in [2.45, 2.75) is 20.0 Å². The number of rotatable bonds is 7. The maximum atomic E-state index is 12.2. The Morgan fingerprint density at radius 2 is 1.85 bits per heavy atom. The lowest BCUT2D eigenvalue weighted by molar-refractivity contribution is -0.123. The standard InChI is InChI=1S/C19H20ClNO5/c1-4-25-15-8-5-13(6-9-15)19(23)26-12(2)18(22)21-14-7-10-17(24-3)16(20)11-14/h5-12H,4H2,1-3H3,(H,21,22)/t12-/m1/s1. The van der Waals surface area contributed by atoms with Crippen molar-refractivity contribution in [1.29, 1.82) is 0 Å². The Morgan fingerprint density at radius 3 is 2.42 bits per heavy atom. The number of carbonyl (C=O) groups excluding carboxylic acids is 2. The maximum absolute atomic E-state index is 12.2. The van der Waals surface area contributed by atoms with Crippen LogP contribution in [0.25, 0.3) is 0 Å². The third-order valence-electron chi connectivity index (χ3n) is 3.47. The van der Waals surface area contributed by atoms with Crippen LogP contribution in [-0.2, 0) is 9.53 Å². The summed E-state index contributed by atoms with van der Waals surface area (Å²) in [7, 11) is 1.50. The van der Waals surface area contributed by atoms with Gasteiger partial charge in [0.2, 0.25) is 0 Å². The van der Waals surface area contributed by atoms with Crippen molar-refractivity contribution < 1.29 is 23.8 Å². The predicted octanol–water partition coefficient (Wildman–Crippen LogP) is 3.93. The number of ether oxygens (including phenoxy) is 3. The summed E-state index contributed by atoms with van der Waals surface area (Å²) in [4.78, 5) is 24.3. The van der Waals surface area contributed by atoms with Crippen LogP contribution in [0.1, 0.15) is 24.2 Å². The Hall–Kier alpha value is -2.73. The highest BCUT2D eigenvalue weighted by Crippen LogP contribution is 2.27. The Bertz CT molecular complexity index is 776. The van der Waals surface area contributed by atoms with Crippen LogP contribution in [0.2, 0.25) is 5.02 Å². The van der Waals surface area contributed by atoms with Gasteiger partial charge in [-0.15, -0.1) is 0 Å². The third kappa shape index (κ3) is 5.13. The van der Waals surface area contributed by atoms with E-state index in [0.717, 1.165) is 0 Å². The van der Waals surface area contributed by atoms with Gasteiger partial charge in [0.1, 0.15) is 11.5 Å². The van der Waals surface area contributed by atoms with E-state index in [0.29, 0.717) is 34.4 Å². The van der Waals surface area contributed by atoms with Crippen molar-refractivity contribution >= 4 is 29.2 Å². The molecule has 2 aromatic carbocycles. The van der Waals surface area contributed by atoms with Crippen molar-refractivity contribution in [1.82, 2.24) is 0 Å². The van der Waals surface area contributed by atoms with E-state index < -0.39 is 18.0 Å². The Morgan fingerprint density at radius 1 is 1.15 bits per heavy atom. The van der Waals surface area contributed by atoms with Crippen LogP contribution in [0.4, 0.5) is 5.69 Å². The number of halogens is 1. The monoisotopic (exact) mass is 377 g/mol. The first-order valence-electron chi connectivity index (χ1n) is 8.02. The SMILES string of the molecule is CCOc1ccc(C(=O)O[C@H](C)C(=O)Nc2ccc(OC)c(Cl)c2)cc1. The Labute approximate surface area is 157 Å². The smallest absolute Gasteiger partial charge is 0.338 e. The minimum Gasteiger partial charge on any atom is -0.495 e. The van der Waals surface area contributed by atoms with E-state index in [1.165, 1.54) is 14.0 Å². The lowest BCUT2D eigenvalue weighted by Crippen LogP contribution is -2.30. The summed E-state index contributed by atoms with van der Waals surface area (Å²) >= 11 is 6.02. The molecular formula is C19H20ClNO5. The number of benzene rings is 2. The number of carbonyl (C=O) groups is 2. The van der Waals surface area contributed by atoms with Gasteiger partial charge in [-0.1, -0.05) is 11.6 Å². The summed E-state index contributed by atoms with van der Waals surface area (Å²) in [5.41, 5.74) is 0.811. The molecule has 0 aromatic heterocycles. The molecule has 0 saturated carbocycles. The molecule has 6 nitrogen and oxygen atoms in total. The van der Waals surface area contributed by atoms with Crippen molar-refractivity contribution in [3.8, 4) is 11.5 Å². The summed E-state index contributed by atoms with van der Waals surface area (Å²) in [6.45, 7) is 3.90. The fourth-order valence-electron chi connectivity index (χ4n) is 2.12. The molecule has 26 heavy (non-hydrogen) atoms. The van der Waals surface area contributed by atoms with Gasteiger partial charge < -0.3 is 19.5 Å². The topological polar surface area (TPSA) is 73.9 Å². The fourth-order valence-corrected chi connectivity index (χ4v) is 2.38. The molecule has 0 saturated heterocycles. The number of esters is 1. The molecule has 0 heterocycles. The van der Waals surface area contributed by atoms with Crippen molar-refractivity contribution in [3.05, 3.63) is 53.1 Å². The van der Waals surface area contributed by atoms with Crippen molar-refractivity contribution in [3.63, 3.8) is 0 Å². The molecular weight excluding hydrogens is 358 g/mol. The Kier molecular flexibility index (Phi) is 6.86. The molecule has 2 rings (SSSR count). The van der Waals surface area contributed by atoms with Gasteiger partial charge in [0, 0.05) is 5.69 Å². The van der Waals surface area contributed by atoms with E-state index in [-0.39, 0.29) is 0 Å². The van der Waals surface area contributed by atoms with E-state index in [9.17, 15) is 9.59 Å². The van der Waals surface area contributed by atoms with Gasteiger partial charge in [-0.3, -0.25) is 4.79 Å². The van der Waals surface area contributed by atoms with Crippen LogP contribution >= 0.6 is 11.6 Å². The molecule has 2 aromatic rings. The van der Waals surface area contributed by atoms with Crippen molar-refractivity contribution in [2.75, 3.05) is 19.0 Å². The Balaban J connectivity index is 1.95. The summed E-state index contributed by atoms with van der Waals surface area (Å²) in [5, 5.41) is 3.01. The summed E-state index contributed by atoms with van der Waals surface area (Å²) in [6.07, 6.45) is -0.977. The average molecular weight is 378 g/mol. The normalized spacial score (nSPS) is 11.4. The lowest BCUT2D eigenvalue weighted by atomic mass is 10.2. The van der Waals surface area contributed by atoms with Gasteiger partial charge in [-0.05, 0) is 56.3 Å². The third-order valence-corrected chi connectivity index (χ3v) is 3.77. The molecule has 0 fully saturated rings. The maximum Gasteiger partial charge on any atom is 0.338 e. The predicted molar refractivity (Wildman–Crippen MR) is 99.1 cm³/mol. The highest BCUT2D eigenvalue weighted by Gasteiger charge is 2.19. The van der Waals surface area contributed by atoms with Gasteiger partial charge in [0.05, 0.1) is 24.3 Å². The van der Waals surface area contributed by atoms with Crippen LogP contribution < -0.4 is 14.8 Å². The molecule has 0 bridgehead atoms. The zero-order chi connectivity index (χ0) is 19.1. The fraction of sp³-hybridized carbons (Fsp3) is 0.263. The molecule has 0 aliphatic rings. The van der Waals surface area contributed by atoms with E-state index >= 15 is 0 Å². The molecule has 1 amide bonds. The highest BCUT2D eigenvalue weighted by atomic mass is 35.5. The second kappa shape index (κ2) is 9.10. The summed E-state index contributed by atoms with van der Waals surface area (Å²) in [6, 6.07) is 11.3. The van der Waals surface area contributed by atoms with Gasteiger partial charge >= 0.3 is 5.97 Å². The van der Waals surface area contributed by atoms with Gasteiger partial charge in [-0.25, -0.2) is 4.79 Å². The zero-order valence-electron chi connectivity index (χ0n) is 14.7. The molecule has 0 aliphatic carbocycles. The van der Waals surface area contributed by atoms with Crippen LogP contribution in [0.15, 0.2) is 42.5 Å². The zero-order valence-corrected chi connectivity index (χ0v) is 15.5. The molecule has 138 valence electrons. The van der Waals surface area contributed by atoms with Gasteiger partial charge in [-0.2, -0.15) is 0 Å². The second-order valence-electron chi connectivity index (χ2n) is 5.34. The van der Waals surface area contributed by atoms with Gasteiger partial charge in [0.25, 0.3) is 5.91 Å². The molecule has 7 heteroatoms. The molecule has 1 N–H and O–H groups in total. The number of anilines is 1. The number of methoxy groups -OCH3 is 1. The van der Waals surface area contributed by atoms with Crippen LogP contribution in [-0.4, -0.2) is 31.7 Å². The van der Waals surface area contributed by atoms with E-state index in [1.54, 1.807) is 42.5 Å². The molecule has 0 spiro atoms. The average Bonchev–Trinajstić information content (AvgIpc) is 2.62. The molecule has 0 unspecified atom stereocenters. The molecule has 0 radical (unpaired) electrons. The molecule has 1 atom stereocenters. The lowest BCUT2D eigenvalue weighted by Gasteiger charge is -2.14. The largest absolute Gasteiger partial charge is 0.495 e.